The molecule has 9 heteroatoms. The van der Waals surface area contributed by atoms with Gasteiger partial charge in [0, 0.05) is 37.7 Å². The van der Waals surface area contributed by atoms with Crippen molar-refractivity contribution in [1.82, 2.24) is 15.0 Å². The molecule has 0 atom stereocenters. The van der Waals surface area contributed by atoms with Gasteiger partial charge in [0.1, 0.15) is 11.4 Å². The Bertz CT molecular complexity index is 1020. The molecule has 1 aromatic carbocycles. The molecule has 2 aromatic rings. The van der Waals surface area contributed by atoms with Gasteiger partial charge in [-0.15, -0.1) is 0 Å². The number of carbonyl (C=O) groups is 1. The molecule has 1 aromatic heterocycles. The van der Waals surface area contributed by atoms with E-state index >= 15 is 0 Å². The van der Waals surface area contributed by atoms with Gasteiger partial charge >= 0.3 is 6.09 Å². The highest BCUT2D eigenvalue weighted by Crippen LogP contribution is 2.43. The number of carbonyl (C=O) groups excluding carboxylic acids is 1. The van der Waals surface area contributed by atoms with Gasteiger partial charge in [-0.05, 0) is 64.7 Å². The summed E-state index contributed by atoms with van der Waals surface area (Å²) in [6.07, 6.45) is 3.25. The first-order valence-corrected chi connectivity index (χ1v) is 11.7. The lowest BCUT2D eigenvalue weighted by Gasteiger charge is -2.35. The van der Waals surface area contributed by atoms with Crippen LogP contribution in [0.15, 0.2) is 22.7 Å². The van der Waals surface area contributed by atoms with Gasteiger partial charge in [-0.1, -0.05) is 5.16 Å². The maximum absolute atomic E-state index is 14.7. The lowest BCUT2D eigenvalue weighted by atomic mass is 9.96. The molecule has 1 spiro atoms. The number of ether oxygens (including phenoxy) is 2. The van der Waals surface area contributed by atoms with Gasteiger partial charge in [0.05, 0.1) is 17.9 Å². The summed E-state index contributed by atoms with van der Waals surface area (Å²) >= 11 is 0. The Morgan fingerprint density at radius 1 is 1.21 bits per heavy atom. The Morgan fingerprint density at radius 2 is 1.97 bits per heavy atom. The summed E-state index contributed by atoms with van der Waals surface area (Å²) in [6.45, 7) is 8.74. The predicted octanol–water partition coefficient (Wildman–Crippen LogP) is 4.36. The van der Waals surface area contributed by atoms with E-state index in [1.165, 1.54) is 6.07 Å². The maximum Gasteiger partial charge on any atom is 0.410 e. The van der Waals surface area contributed by atoms with Crippen molar-refractivity contribution in [2.24, 2.45) is 0 Å². The lowest BCUT2D eigenvalue weighted by molar-refractivity contribution is 0.0198. The van der Waals surface area contributed by atoms with E-state index < -0.39 is 5.60 Å². The number of hydrogen-bond acceptors (Lipinski definition) is 7. The van der Waals surface area contributed by atoms with Crippen molar-refractivity contribution in [3.8, 4) is 11.5 Å². The zero-order valence-corrected chi connectivity index (χ0v) is 19.5. The van der Waals surface area contributed by atoms with E-state index in [1.807, 2.05) is 20.8 Å². The second kappa shape index (κ2) is 8.27. The number of morpholine rings is 1. The van der Waals surface area contributed by atoms with Crippen LogP contribution in [0.4, 0.5) is 14.9 Å². The number of benzene rings is 1. The molecule has 2 aliphatic heterocycles. The standard InChI is InChI=1S/C24H31FN4O4/c1-23(2,3)32-22(30)28-10-6-16(7-11-28)20-26-21(33-27-20)17-4-5-18(25)19(14-17)29-12-13-31-24(15-29)8-9-24/h4-5,14,16H,6-13,15H2,1-3H3. The average Bonchev–Trinajstić information content (AvgIpc) is 3.32. The fourth-order valence-electron chi connectivity index (χ4n) is 4.55. The third-order valence-electron chi connectivity index (χ3n) is 6.54. The van der Waals surface area contributed by atoms with Crippen molar-refractivity contribution < 1.29 is 23.2 Å². The van der Waals surface area contributed by atoms with Gasteiger partial charge in [0.2, 0.25) is 0 Å². The maximum atomic E-state index is 14.7. The molecule has 0 radical (unpaired) electrons. The molecule has 3 aliphatic rings. The van der Waals surface area contributed by atoms with E-state index in [0.717, 1.165) is 25.7 Å². The van der Waals surface area contributed by atoms with Gasteiger partial charge in [-0.3, -0.25) is 0 Å². The van der Waals surface area contributed by atoms with E-state index in [1.54, 1.807) is 17.0 Å². The number of anilines is 1. The van der Waals surface area contributed by atoms with Gasteiger partial charge in [-0.2, -0.15) is 4.98 Å². The first-order valence-electron chi connectivity index (χ1n) is 11.7. The van der Waals surface area contributed by atoms with Crippen LogP contribution in [0, 0.1) is 5.82 Å². The molecule has 33 heavy (non-hydrogen) atoms. The molecule has 2 saturated heterocycles. The third-order valence-corrected chi connectivity index (χ3v) is 6.54. The second-order valence-corrected chi connectivity index (χ2v) is 10.3. The minimum atomic E-state index is -0.509. The summed E-state index contributed by atoms with van der Waals surface area (Å²) < 4.78 is 31.5. The molecule has 8 nitrogen and oxygen atoms in total. The fourth-order valence-corrected chi connectivity index (χ4v) is 4.55. The van der Waals surface area contributed by atoms with Crippen LogP contribution < -0.4 is 4.90 Å². The van der Waals surface area contributed by atoms with Gasteiger partial charge in [0.25, 0.3) is 5.89 Å². The summed E-state index contributed by atoms with van der Waals surface area (Å²) in [7, 11) is 0. The minimum absolute atomic E-state index is 0.0908. The number of aromatic nitrogens is 2. The topological polar surface area (TPSA) is 80.9 Å². The normalized spacial score (nSPS) is 20.8. The molecule has 1 aliphatic carbocycles. The summed E-state index contributed by atoms with van der Waals surface area (Å²) in [5, 5.41) is 4.20. The first-order chi connectivity index (χ1) is 15.7. The molecule has 178 valence electrons. The van der Waals surface area contributed by atoms with Crippen molar-refractivity contribution in [2.45, 2.75) is 63.6 Å². The highest BCUT2D eigenvalue weighted by molar-refractivity contribution is 5.68. The Morgan fingerprint density at radius 3 is 2.67 bits per heavy atom. The van der Waals surface area contributed by atoms with E-state index in [-0.39, 0.29) is 23.4 Å². The first kappa shape index (κ1) is 22.1. The number of halogens is 1. The summed E-state index contributed by atoms with van der Waals surface area (Å²) in [5.41, 5.74) is 0.650. The SMILES string of the molecule is CC(C)(C)OC(=O)N1CCC(c2noc(-c3ccc(F)c(N4CCOC5(CC5)C4)c3)n2)CC1. The Balaban J connectivity index is 1.25. The second-order valence-electron chi connectivity index (χ2n) is 10.3. The number of nitrogens with zero attached hydrogens (tertiary/aromatic N) is 4. The van der Waals surface area contributed by atoms with Crippen LogP contribution in [0.3, 0.4) is 0 Å². The zero-order chi connectivity index (χ0) is 23.2. The Kier molecular flexibility index (Phi) is 5.55. The number of rotatable bonds is 3. The number of piperidine rings is 1. The molecule has 0 unspecified atom stereocenters. The molecule has 1 amide bonds. The zero-order valence-electron chi connectivity index (χ0n) is 19.5. The average molecular weight is 459 g/mol. The molecule has 3 fully saturated rings. The van der Waals surface area contributed by atoms with E-state index in [9.17, 15) is 9.18 Å². The smallest absolute Gasteiger partial charge is 0.410 e. The van der Waals surface area contributed by atoms with Crippen molar-refractivity contribution in [3.05, 3.63) is 29.8 Å². The fraction of sp³-hybridized carbons (Fsp3) is 0.625. The molecule has 0 N–H and O–H groups in total. The quantitative estimate of drug-likeness (QED) is 0.676. The van der Waals surface area contributed by atoms with E-state index in [2.05, 4.69) is 15.0 Å². The van der Waals surface area contributed by atoms with Crippen LogP contribution in [0.5, 0.6) is 0 Å². The molecular weight excluding hydrogens is 427 g/mol. The minimum Gasteiger partial charge on any atom is -0.444 e. The summed E-state index contributed by atoms with van der Waals surface area (Å²) in [6, 6.07) is 4.93. The molecule has 3 heterocycles. The largest absolute Gasteiger partial charge is 0.444 e. The van der Waals surface area contributed by atoms with E-state index in [4.69, 9.17) is 14.0 Å². The van der Waals surface area contributed by atoms with Crippen LogP contribution in [-0.2, 0) is 9.47 Å². The van der Waals surface area contributed by atoms with Crippen molar-refractivity contribution in [2.75, 3.05) is 37.7 Å². The number of hydrogen-bond donors (Lipinski definition) is 0. The molecule has 0 bridgehead atoms. The molecular formula is C24H31FN4O4. The van der Waals surface area contributed by atoms with Crippen LogP contribution in [0.2, 0.25) is 0 Å². The molecule has 1 saturated carbocycles. The van der Waals surface area contributed by atoms with Gasteiger partial charge in [-0.25, -0.2) is 9.18 Å². The predicted molar refractivity (Wildman–Crippen MR) is 120 cm³/mol. The lowest BCUT2D eigenvalue weighted by Crippen LogP contribution is -2.44. The van der Waals surface area contributed by atoms with Crippen LogP contribution >= 0.6 is 0 Å². The van der Waals surface area contributed by atoms with E-state index in [0.29, 0.717) is 55.8 Å². The molecule has 5 rings (SSSR count). The summed E-state index contributed by atoms with van der Waals surface area (Å²) in [5.74, 6) is 0.860. The monoisotopic (exact) mass is 458 g/mol. The highest BCUT2D eigenvalue weighted by Gasteiger charge is 2.47. The van der Waals surface area contributed by atoms with Crippen LogP contribution in [-0.4, -0.2) is 65.1 Å². The number of likely N-dealkylation sites (tertiary alicyclic amines) is 1. The third kappa shape index (κ3) is 4.83. The van der Waals surface area contributed by atoms with Crippen LogP contribution in [0.25, 0.3) is 11.5 Å². The Labute approximate surface area is 193 Å². The van der Waals surface area contributed by atoms with Crippen molar-refractivity contribution >= 4 is 11.8 Å². The summed E-state index contributed by atoms with van der Waals surface area (Å²) in [4.78, 5) is 20.7. The van der Waals surface area contributed by atoms with Crippen molar-refractivity contribution in [3.63, 3.8) is 0 Å². The highest BCUT2D eigenvalue weighted by atomic mass is 19.1. The van der Waals surface area contributed by atoms with Crippen LogP contribution in [0.1, 0.15) is 58.2 Å². The van der Waals surface area contributed by atoms with Gasteiger partial charge < -0.3 is 23.8 Å². The van der Waals surface area contributed by atoms with Crippen molar-refractivity contribution in [1.29, 1.82) is 0 Å². The Hall–Kier alpha value is -2.68. The van der Waals surface area contributed by atoms with Gasteiger partial charge in [0.15, 0.2) is 5.82 Å². The number of amides is 1.